The zero-order valence-electron chi connectivity index (χ0n) is 10.9. The van der Waals surface area contributed by atoms with Gasteiger partial charge in [0.1, 0.15) is 0 Å². The smallest absolute Gasteiger partial charge is 0.478 e. The predicted molar refractivity (Wildman–Crippen MR) is 72.0 cm³/mol. The summed E-state index contributed by atoms with van der Waals surface area (Å²) in [6.07, 6.45) is 0.323. The molecular weight excluding hydrogens is 261 g/mol. The third-order valence-electron chi connectivity index (χ3n) is 3.23. The first-order valence-corrected chi connectivity index (χ1v) is 6.47. The Morgan fingerprint density at radius 1 is 1.30 bits per heavy atom. The minimum atomic E-state index is -1.18. The molecule has 2 rings (SSSR count). The van der Waals surface area contributed by atoms with E-state index < -0.39 is 25.1 Å². The molecule has 0 aliphatic carbocycles. The van der Waals surface area contributed by atoms with Crippen molar-refractivity contribution in [3.05, 3.63) is 35.9 Å². The van der Waals surface area contributed by atoms with Crippen molar-refractivity contribution >= 4 is 19.0 Å². The summed E-state index contributed by atoms with van der Waals surface area (Å²) in [4.78, 5) is 22.5. The Hall–Kier alpha value is -1.86. The molecule has 3 N–H and O–H groups in total. The van der Waals surface area contributed by atoms with E-state index >= 15 is 0 Å². The fourth-order valence-corrected chi connectivity index (χ4v) is 2.20. The van der Waals surface area contributed by atoms with Crippen molar-refractivity contribution in [3.63, 3.8) is 0 Å². The lowest BCUT2D eigenvalue weighted by molar-refractivity contribution is -0.139. The Kier molecular flexibility index (Phi) is 4.76. The molecule has 1 aromatic carbocycles. The molecule has 6 nitrogen and oxygen atoms in total. The number of amides is 1. The molecule has 106 valence electrons. The van der Waals surface area contributed by atoms with Crippen molar-refractivity contribution in [1.29, 1.82) is 0 Å². The van der Waals surface area contributed by atoms with Crippen LogP contribution in [0.2, 0.25) is 0 Å². The molecule has 7 heteroatoms. The molecule has 20 heavy (non-hydrogen) atoms. The highest BCUT2D eigenvalue weighted by Crippen LogP contribution is 2.19. The second-order valence-electron chi connectivity index (χ2n) is 4.77. The molecule has 0 bridgehead atoms. The van der Waals surface area contributed by atoms with E-state index in [-0.39, 0.29) is 12.3 Å². The van der Waals surface area contributed by atoms with Gasteiger partial charge in [-0.05, 0) is 25.0 Å². The van der Waals surface area contributed by atoms with Gasteiger partial charge in [0, 0.05) is 5.56 Å². The first-order valence-electron chi connectivity index (χ1n) is 6.47. The summed E-state index contributed by atoms with van der Waals surface area (Å²) in [6.45, 7) is 0. The van der Waals surface area contributed by atoms with Gasteiger partial charge in [-0.25, -0.2) is 0 Å². The van der Waals surface area contributed by atoms with E-state index in [9.17, 15) is 14.6 Å². The molecule has 0 saturated carbocycles. The number of carbonyl (C=O) groups is 2. The van der Waals surface area contributed by atoms with Crippen LogP contribution in [-0.4, -0.2) is 41.2 Å². The van der Waals surface area contributed by atoms with Crippen molar-refractivity contribution in [1.82, 2.24) is 5.32 Å². The number of hydrogen-bond acceptors (Lipinski definition) is 4. The Bertz CT molecular complexity index is 481. The largest absolute Gasteiger partial charge is 0.481 e. The Morgan fingerprint density at radius 3 is 2.60 bits per heavy atom. The van der Waals surface area contributed by atoms with E-state index in [1.54, 1.807) is 24.3 Å². The van der Waals surface area contributed by atoms with Gasteiger partial charge in [-0.1, -0.05) is 18.2 Å². The second kappa shape index (κ2) is 6.54. The van der Waals surface area contributed by atoms with Crippen LogP contribution in [0.15, 0.2) is 30.3 Å². The molecule has 0 aromatic heterocycles. The highest BCUT2D eigenvalue weighted by molar-refractivity contribution is 6.45. The number of rotatable bonds is 4. The van der Waals surface area contributed by atoms with E-state index in [0.717, 1.165) is 0 Å². The molecule has 1 amide bonds. The number of nitrogens with one attached hydrogen (secondary N) is 1. The molecule has 1 saturated heterocycles. The number of carbonyl (C=O) groups excluding carboxylic acids is 1. The topological polar surface area (TPSA) is 95.9 Å². The summed E-state index contributed by atoms with van der Waals surface area (Å²) in [7, 11) is -1.18. The van der Waals surface area contributed by atoms with E-state index in [2.05, 4.69) is 5.32 Å². The molecule has 1 heterocycles. The normalized spacial score (nSPS) is 22.4. The highest BCUT2D eigenvalue weighted by atomic mass is 16.5. The minimum Gasteiger partial charge on any atom is -0.481 e. The van der Waals surface area contributed by atoms with E-state index in [4.69, 9.17) is 9.76 Å². The van der Waals surface area contributed by atoms with Crippen molar-refractivity contribution in [2.24, 2.45) is 0 Å². The van der Waals surface area contributed by atoms with Crippen molar-refractivity contribution in [2.75, 3.05) is 0 Å². The van der Waals surface area contributed by atoms with Gasteiger partial charge in [-0.2, -0.15) is 0 Å². The Morgan fingerprint density at radius 2 is 2.00 bits per heavy atom. The predicted octanol–water partition coefficient (Wildman–Crippen LogP) is 0.458. The molecule has 1 aliphatic rings. The van der Waals surface area contributed by atoms with Gasteiger partial charge in [0.05, 0.1) is 18.5 Å². The monoisotopic (exact) mass is 277 g/mol. The maximum atomic E-state index is 11.9. The number of carboxylic acids is 1. The minimum absolute atomic E-state index is 0.142. The summed E-state index contributed by atoms with van der Waals surface area (Å²) in [5.41, 5.74) is 0.507. The molecule has 1 aliphatic heterocycles. The van der Waals surface area contributed by atoms with Gasteiger partial charge in [-0.3, -0.25) is 9.59 Å². The summed E-state index contributed by atoms with van der Waals surface area (Å²) in [6, 6.07) is 8.68. The molecular formula is C13H16BNO5. The number of carboxylic acid groups (broad SMARTS) is 1. The molecule has 1 aromatic rings. The number of benzene rings is 1. The summed E-state index contributed by atoms with van der Waals surface area (Å²) in [5, 5.41) is 21.2. The van der Waals surface area contributed by atoms with Crippen LogP contribution in [0.1, 0.15) is 29.6 Å². The maximum absolute atomic E-state index is 11.9. The second-order valence-corrected chi connectivity index (χ2v) is 4.77. The summed E-state index contributed by atoms with van der Waals surface area (Å²) >= 11 is 0. The van der Waals surface area contributed by atoms with E-state index in [1.807, 2.05) is 6.07 Å². The lowest BCUT2D eigenvalue weighted by Gasteiger charge is -2.30. The number of hydrogen-bond donors (Lipinski definition) is 3. The Labute approximate surface area is 116 Å². The summed E-state index contributed by atoms with van der Waals surface area (Å²) < 4.78 is 5.21. The van der Waals surface area contributed by atoms with Crippen LogP contribution < -0.4 is 5.32 Å². The van der Waals surface area contributed by atoms with Crippen LogP contribution in [0, 0.1) is 0 Å². The van der Waals surface area contributed by atoms with Gasteiger partial charge in [-0.15, -0.1) is 0 Å². The van der Waals surface area contributed by atoms with Gasteiger partial charge >= 0.3 is 13.1 Å². The Balaban J connectivity index is 1.89. The SMILES string of the molecule is O=C(O)CC1CCC(NC(=O)c2ccccc2)B(O)O1. The first kappa shape index (κ1) is 14.6. The van der Waals surface area contributed by atoms with Gasteiger partial charge in [0.25, 0.3) is 5.91 Å². The quantitative estimate of drug-likeness (QED) is 0.695. The standard InChI is InChI=1S/C13H16BNO5/c16-12(17)8-10-6-7-11(14(19)20-10)15-13(18)9-4-2-1-3-5-9/h1-5,10-11,19H,6-8H2,(H,15,18)(H,16,17). The van der Waals surface area contributed by atoms with Crippen LogP contribution in [0.5, 0.6) is 0 Å². The third kappa shape index (κ3) is 3.82. The fourth-order valence-electron chi connectivity index (χ4n) is 2.20. The zero-order valence-corrected chi connectivity index (χ0v) is 10.9. The van der Waals surface area contributed by atoms with Crippen molar-refractivity contribution < 1.29 is 24.4 Å². The average Bonchev–Trinajstić information content (AvgIpc) is 2.42. The molecule has 1 fully saturated rings. The lowest BCUT2D eigenvalue weighted by Crippen LogP contribution is -2.52. The average molecular weight is 277 g/mol. The highest BCUT2D eigenvalue weighted by Gasteiger charge is 2.36. The number of aliphatic carboxylic acids is 1. The van der Waals surface area contributed by atoms with Crippen LogP contribution in [0.3, 0.4) is 0 Å². The fraction of sp³-hybridized carbons (Fsp3) is 0.385. The van der Waals surface area contributed by atoms with Crippen LogP contribution in [-0.2, 0) is 9.45 Å². The van der Waals surface area contributed by atoms with Crippen molar-refractivity contribution in [3.8, 4) is 0 Å². The van der Waals surface area contributed by atoms with Crippen molar-refractivity contribution in [2.45, 2.75) is 31.3 Å². The zero-order chi connectivity index (χ0) is 14.5. The first-order chi connectivity index (χ1) is 9.56. The van der Waals surface area contributed by atoms with Crippen LogP contribution >= 0.6 is 0 Å². The third-order valence-corrected chi connectivity index (χ3v) is 3.23. The molecule has 2 atom stereocenters. The van der Waals surface area contributed by atoms with E-state index in [1.165, 1.54) is 0 Å². The van der Waals surface area contributed by atoms with Gasteiger partial charge < -0.3 is 20.1 Å². The molecule has 0 radical (unpaired) electrons. The molecule has 2 unspecified atom stereocenters. The van der Waals surface area contributed by atoms with Gasteiger partial charge in [0.2, 0.25) is 0 Å². The lowest BCUT2D eigenvalue weighted by atomic mass is 9.72. The van der Waals surface area contributed by atoms with Crippen LogP contribution in [0.4, 0.5) is 0 Å². The van der Waals surface area contributed by atoms with Crippen LogP contribution in [0.25, 0.3) is 0 Å². The van der Waals surface area contributed by atoms with E-state index in [0.29, 0.717) is 18.4 Å². The maximum Gasteiger partial charge on any atom is 0.478 e. The van der Waals surface area contributed by atoms with Gasteiger partial charge in [0.15, 0.2) is 0 Å². The molecule has 0 spiro atoms. The summed E-state index contributed by atoms with van der Waals surface area (Å²) in [5.74, 6) is -1.77.